The third-order valence-corrected chi connectivity index (χ3v) is 4.79. The largest absolute Gasteiger partial charge is 0.431 e. The fourth-order valence-electron chi connectivity index (χ4n) is 2.92. The lowest BCUT2D eigenvalue weighted by Gasteiger charge is -2.12. The number of hydrogen-bond donors (Lipinski definition) is 1. The van der Waals surface area contributed by atoms with Crippen molar-refractivity contribution in [3.63, 3.8) is 0 Å². The number of furan rings is 1. The summed E-state index contributed by atoms with van der Waals surface area (Å²) in [5.74, 6) is 0.802. The Morgan fingerprint density at radius 1 is 1.22 bits per heavy atom. The molecule has 1 aliphatic rings. The molecule has 23 heavy (non-hydrogen) atoms. The molecule has 1 aliphatic heterocycles. The maximum atomic E-state index is 5.83. The van der Waals surface area contributed by atoms with Crippen molar-refractivity contribution in [1.82, 2.24) is 9.97 Å². The molecule has 2 aromatic heterocycles. The van der Waals surface area contributed by atoms with E-state index in [2.05, 4.69) is 50.0 Å². The lowest BCUT2D eigenvalue weighted by Crippen LogP contribution is -2.19. The van der Waals surface area contributed by atoms with Gasteiger partial charge in [-0.15, -0.1) is 0 Å². The molecule has 5 nitrogen and oxygen atoms in total. The first-order valence-electron chi connectivity index (χ1n) is 7.67. The predicted molar refractivity (Wildman–Crippen MR) is 97.4 cm³/mol. The summed E-state index contributed by atoms with van der Waals surface area (Å²) in [5, 5.41) is 4.35. The fraction of sp³-hybridized carbons (Fsp3) is 0.294. The number of benzene rings is 1. The second-order valence-electron chi connectivity index (χ2n) is 5.54. The normalized spacial score (nSPS) is 17.7. The zero-order chi connectivity index (χ0) is 15.6. The molecule has 6 heteroatoms. The summed E-state index contributed by atoms with van der Waals surface area (Å²) in [7, 11) is 0. The average Bonchev–Trinajstić information content (AvgIpc) is 3.20. The maximum absolute atomic E-state index is 5.83. The Labute approximate surface area is 147 Å². The number of fused-ring (bicyclic) bond motifs is 1. The molecular formula is C17H16IN3O2. The van der Waals surface area contributed by atoms with E-state index in [1.54, 1.807) is 0 Å². The molecule has 0 bridgehead atoms. The average molecular weight is 421 g/mol. The molecule has 4 rings (SSSR count). The molecule has 1 atom stereocenters. The van der Waals surface area contributed by atoms with E-state index in [4.69, 9.17) is 9.15 Å². The molecule has 3 aromatic rings. The molecule has 0 amide bonds. The molecule has 0 radical (unpaired) electrons. The van der Waals surface area contributed by atoms with Crippen LogP contribution in [0, 0.1) is 3.77 Å². The Morgan fingerprint density at radius 3 is 2.87 bits per heavy atom. The van der Waals surface area contributed by atoms with E-state index >= 15 is 0 Å². The standard InChI is InChI=1S/C17H16IN3O2/c18-15-13(11-5-2-1-3-6-11)14-16(20-10-21-17(14)23-15)19-9-12-7-4-8-22-12/h1-3,5-6,10,12H,4,7-9H2,(H,19,20,21). The highest BCUT2D eigenvalue weighted by Gasteiger charge is 2.21. The van der Waals surface area contributed by atoms with Crippen molar-refractivity contribution in [3.8, 4) is 11.1 Å². The first-order valence-corrected chi connectivity index (χ1v) is 8.74. The Bertz CT molecular complexity index is 813. The number of anilines is 1. The second kappa shape index (κ2) is 6.45. The second-order valence-corrected chi connectivity index (χ2v) is 6.51. The van der Waals surface area contributed by atoms with Crippen molar-refractivity contribution in [3.05, 3.63) is 40.4 Å². The maximum Gasteiger partial charge on any atom is 0.233 e. The van der Waals surface area contributed by atoms with Crippen LogP contribution in [0.1, 0.15) is 12.8 Å². The molecule has 118 valence electrons. The highest BCUT2D eigenvalue weighted by atomic mass is 127. The van der Waals surface area contributed by atoms with Crippen LogP contribution in [-0.2, 0) is 4.74 Å². The van der Waals surface area contributed by atoms with Crippen LogP contribution < -0.4 is 5.32 Å². The van der Waals surface area contributed by atoms with Crippen LogP contribution in [0.3, 0.4) is 0 Å². The van der Waals surface area contributed by atoms with Crippen molar-refractivity contribution < 1.29 is 9.15 Å². The van der Waals surface area contributed by atoms with Crippen molar-refractivity contribution in [2.75, 3.05) is 18.5 Å². The van der Waals surface area contributed by atoms with Gasteiger partial charge in [-0.25, -0.2) is 9.97 Å². The van der Waals surface area contributed by atoms with Crippen molar-refractivity contribution >= 4 is 39.5 Å². The number of hydrogen-bond acceptors (Lipinski definition) is 5. The summed E-state index contributed by atoms with van der Waals surface area (Å²) >= 11 is 2.21. The number of aromatic nitrogens is 2. The highest BCUT2D eigenvalue weighted by molar-refractivity contribution is 14.1. The minimum absolute atomic E-state index is 0.256. The minimum atomic E-state index is 0.256. The quantitative estimate of drug-likeness (QED) is 0.644. The van der Waals surface area contributed by atoms with Gasteiger partial charge in [0.15, 0.2) is 3.77 Å². The summed E-state index contributed by atoms with van der Waals surface area (Å²) in [6.45, 7) is 1.60. The first-order chi connectivity index (χ1) is 11.3. The van der Waals surface area contributed by atoms with Crippen LogP contribution in [0.4, 0.5) is 5.82 Å². The van der Waals surface area contributed by atoms with Crippen LogP contribution in [0.5, 0.6) is 0 Å². The van der Waals surface area contributed by atoms with Crippen LogP contribution in [0.25, 0.3) is 22.2 Å². The van der Waals surface area contributed by atoms with Gasteiger partial charge in [0.2, 0.25) is 5.71 Å². The Balaban J connectivity index is 1.75. The zero-order valence-corrected chi connectivity index (χ0v) is 14.6. The van der Waals surface area contributed by atoms with E-state index in [9.17, 15) is 0 Å². The van der Waals surface area contributed by atoms with Gasteiger partial charge < -0.3 is 14.5 Å². The molecule has 1 N–H and O–H groups in total. The molecule has 1 saturated heterocycles. The Hall–Kier alpha value is -1.67. The van der Waals surface area contributed by atoms with Gasteiger partial charge in [0, 0.05) is 41.3 Å². The monoisotopic (exact) mass is 421 g/mol. The van der Waals surface area contributed by atoms with Gasteiger partial charge in [-0.1, -0.05) is 30.3 Å². The summed E-state index contributed by atoms with van der Waals surface area (Å²) in [6.07, 6.45) is 4.01. The van der Waals surface area contributed by atoms with E-state index in [1.807, 2.05) is 18.2 Å². The molecule has 0 spiro atoms. The third-order valence-electron chi connectivity index (χ3n) is 4.03. The number of halogens is 1. The molecule has 3 heterocycles. The van der Waals surface area contributed by atoms with Crippen LogP contribution in [0.15, 0.2) is 41.1 Å². The lowest BCUT2D eigenvalue weighted by molar-refractivity contribution is 0.120. The zero-order valence-electron chi connectivity index (χ0n) is 12.5. The van der Waals surface area contributed by atoms with E-state index in [1.165, 1.54) is 6.33 Å². The molecule has 1 unspecified atom stereocenters. The van der Waals surface area contributed by atoms with Crippen LogP contribution in [-0.4, -0.2) is 29.2 Å². The minimum Gasteiger partial charge on any atom is -0.431 e. The summed E-state index contributed by atoms with van der Waals surface area (Å²) in [6, 6.07) is 10.2. The van der Waals surface area contributed by atoms with E-state index in [0.29, 0.717) is 5.71 Å². The van der Waals surface area contributed by atoms with Gasteiger partial charge >= 0.3 is 0 Å². The summed E-state index contributed by atoms with van der Waals surface area (Å²) in [5.41, 5.74) is 2.75. The lowest BCUT2D eigenvalue weighted by atomic mass is 10.1. The fourth-order valence-corrected chi connectivity index (χ4v) is 3.71. The van der Waals surface area contributed by atoms with Gasteiger partial charge in [-0.3, -0.25) is 0 Å². The van der Waals surface area contributed by atoms with Gasteiger partial charge in [-0.2, -0.15) is 0 Å². The van der Waals surface area contributed by atoms with Crippen LogP contribution >= 0.6 is 22.6 Å². The number of nitrogens with zero attached hydrogens (tertiary/aromatic N) is 2. The molecule has 0 aliphatic carbocycles. The SMILES string of the molecule is Ic1oc2ncnc(NCC3CCCO3)c2c1-c1ccccc1. The highest BCUT2D eigenvalue weighted by Crippen LogP contribution is 2.37. The smallest absolute Gasteiger partial charge is 0.233 e. The summed E-state index contributed by atoms with van der Waals surface area (Å²) < 4.78 is 12.3. The predicted octanol–water partition coefficient (Wildman–Crippen LogP) is 4.09. The van der Waals surface area contributed by atoms with Gasteiger partial charge in [0.25, 0.3) is 0 Å². The Kier molecular flexibility index (Phi) is 4.17. The molecule has 1 fully saturated rings. The van der Waals surface area contributed by atoms with Crippen molar-refractivity contribution in [2.24, 2.45) is 0 Å². The summed E-state index contributed by atoms with van der Waals surface area (Å²) in [4.78, 5) is 8.70. The van der Waals surface area contributed by atoms with Gasteiger partial charge in [-0.05, 0) is 18.4 Å². The van der Waals surface area contributed by atoms with Gasteiger partial charge in [0.1, 0.15) is 12.1 Å². The Morgan fingerprint density at radius 2 is 2.09 bits per heavy atom. The molecule has 1 aromatic carbocycles. The van der Waals surface area contributed by atoms with E-state index in [-0.39, 0.29) is 6.10 Å². The van der Waals surface area contributed by atoms with E-state index in [0.717, 1.165) is 52.1 Å². The third kappa shape index (κ3) is 2.92. The number of rotatable bonds is 4. The van der Waals surface area contributed by atoms with E-state index < -0.39 is 0 Å². The number of nitrogens with one attached hydrogen (secondary N) is 1. The topological polar surface area (TPSA) is 60.2 Å². The van der Waals surface area contributed by atoms with Crippen molar-refractivity contribution in [1.29, 1.82) is 0 Å². The molecular weight excluding hydrogens is 405 g/mol. The van der Waals surface area contributed by atoms with Gasteiger partial charge in [0.05, 0.1) is 11.5 Å². The van der Waals surface area contributed by atoms with Crippen LogP contribution in [0.2, 0.25) is 0 Å². The van der Waals surface area contributed by atoms with Crippen molar-refractivity contribution in [2.45, 2.75) is 18.9 Å². The molecule has 0 saturated carbocycles. The first kappa shape index (κ1) is 14.9. The number of ether oxygens (including phenoxy) is 1.